The van der Waals surface area contributed by atoms with Crippen molar-refractivity contribution in [2.24, 2.45) is 5.92 Å². The van der Waals surface area contributed by atoms with Crippen LogP contribution in [0, 0.1) is 5.92 Å². The van der Waals surface area contributed by atoms with Crippen LogP contribution in [0.3, 0.4) is 0 Å². The molecule has 0 N–H and O–H groups in total. The fraction of sp³-hybridized carbons (Fsp3) is 0.538. The molecule has 0 aromatic carbocycles. The number of pyridine rings is 1. The summed E-state index contributed by atoms with van der Waals surface area (Å²) in [6, 6.07) is 3.21. The van der Waals surface area contributed by atoms with Crippen molar-refractivity contribution < 1.29 is 4.79 Å². The molecule has 18 heavy (non-hydrogen) atoms. The molecule has 0 saturated heterocycles. The van der Waals surface area contributed by atoms with Crippen LogP contribution in [0.4, 0.5) is 0 Å². The van der Waals surface area contributed by atoms with Gasteiger partial charge in [-0.25, -0.2) is 4.98 Å². The number of amides is 1. The minimum atomic E-state index is -0.0908. The Morgan fingerprint density at radius 2 is 2.06 bits per heavy atom. The molecular formula is C13H18Cl2N2O. The van der Waals surface area contributed by atoms with E-state index in [0.29, 0.717) is 23.2 Å². The summed E-state index contributed by atoms with van der Waals surface area (Å²) in [5.74, 6) is 0.375. The summed E-state index contributed by atoms with van der Waals surface area (Å²) in [4.78, 5) is 18.0. The van der Waals surface area contributed by atoms with Crippen LogP contribution in [-0.2, 0) is 0 Å². The van der Waals surface area contributed by atoms with Crippen LogP contribution in [0.5, 0.6) is 0 Å². The Morgan fingerprint density at radius 3 is 2.56 bits per heavy atom. The lowest BCUT2D eigenvalue weighted by molar-refractivity contribution is 0.0740. The number of carbonyl (C=O) groups is 1. The number of aromatic nitrogens is 1. The SMILES string of the molecule is CCC(C)CN(CC)C(=O)c1ccc(Cl)nc1Cl. The molecule has 1 aromatic rings. The zero-order valence-electron chi connectivity index (χ0n) is 10.9. The molecule has 1 aromatic heterocycles. The van der Waals surface area contributed by atoms with Crippen LogP contribution in [0.25, 0.3) is 0 Å². The summed E-state index contributed by atoms with van der Waals surface area (Å²) in [7, 11) is 0. The summed E-state index contributed by atoms with van der Waals surface area (Å²) < 4.78 is 0. The fourth-order valence-corrected chi connectivity index (χ4v) is 2.03. The lowest BCUT2D eigenvalue weighted by Gasteiger charge is -2.24. The van der Waals surface area contributed by atoms with E-state index in [1.807, 2.05) is 6.92 Å². The molecule has 1 unspecified atom stereocenters. The van der Waals surface area contributed by atoms with Crippen LogP contribution < -0.4 is 0 Å². The van der Waals surface area contributed by atoms with Crippen LogP contribution in [-0.4, -0.2) is 28.9 Å². The third-order valence-electron chi connectivity index (χ3n) is 2.94. The smallest absolute Gasteiger partial charge is 0.256 e. The molecule has 0 saturated carbocycles. The van der Waals surface area contributed by atoms with E-state index in [-0.39, 0.29) is 11.1 Å². The van der Waals surface area contributed by atoms with Gasteiger partial charge in [-0.15, -0.1) is 0 Å². The van der Waals surface area contributed by atoms with Crippen molar-refractivity contribution in [1.29, 1.82) is 0 Å². The summed E-state index contributed by atoms with van der Waals surface area (Å²) >= 11 is 11.7. The molecule has 0 aliphatic carbocycles. The molecule has 0 aliphatic rings. The third-order valence-corrected chi connectivity index (χ3v) is 3.44. The molecule has 3 nitrogen and oxygen atoms in total. The molecule has 1 rings (SSSR count). The standard InChI is InChI=1S/C13H18Cl2N2O/c1-4-9(3)8-17(5-2)13(18)10-6-7-11(14)16-12(10)15/h6-7,9H,4-5,8H2,1-3H3. The number of hydrogen-bond donors (Lipinski definition) is 0. The summed E-state index contributed by atoms with van der Waals surface area (Å²) in [6.45, 7) is 7.57. The Hall–Kier alpha value is -0.800. The number of nitrogens with zero attached hydrogens (tertiary/aromatic N) is 2. The number of hydrogen-bond acceptors (Lipinski definition) is 2. The first-order valence-electron chi connectivity index (χ1n) is 6.10. The van der Waals surface area contributed by atoms with E-state index < -0.39 is 0 Å². The molecule has 0 radical (unpaired) electrons. The number of halogens is 2. The molecule has 0 bridgehead atoms. The predicted molar refractivity (Wildman–Crippen MR) is 75.3 cm³/mol. The van der Waals surface area contributed by atoms with Crippen molar-refractivity contribution in [3.8, 4) is 0 Å². The number of carbonyl (C=O) groups excluding carboxylic acids is 1. The molecule has 1 heterocycles. The van der Waals surface area contributed by atoms with Gasteiger partial charge in [-0.3, -0.25) is 4.79 Å². The second-order valence-corrected chi connectivity index (χ2v) is 5.07. The van der Waals surface area contributed by atoms with E-state index in [1.54, 1.807) is 17.0 Å². The van der Waals surface area contributed by atoms with E-state index in [4.69, 9.17) is 23.2 Å². The molecule has 1 amide bonds. The minimum absolute atomic E-state index is 0.0908. The van der Waals surface area contributed by atoms with Gasteiger partial charge in [0.05, 0.1) is 5.56 Å². The van der Waals surface area contributed by atoms with Gasteiger partial charge < -0.3 is 4.90 Å². The molecule has 1 atom stereocenters. The Morgan fingerprint density at radius 1 is 1.39 bits per heavy atom. The van der Waals surface area contributed by atoms with Crippen molar-refractivity contribution in [2.75, 3.05) is 13.1 Å². The second-order valence-electron chi connectivity index (χ2n) is 4.33. The van der Waals surface area contributed by atoms with Gasteiger partial charge in [0.25, 0.3) is 5.91 Å². The van der Waals surface area contributed by atoms with Crippen LogP contribution in [0.2, 0.25) is 10.3 Å². The van der Waals surface area contributed by atoms with Gasteiger partial charge in [-0.2, -0.15) is 0 Å². The Labute approximate surface area is 118 Å². The quantitative estimate of drug-likeness (QED) is 0.770. The maximum Gasteiger partial charge on any atom is 0.256 e. The molecular weight excluding hydrogens is 271 g/mol. The van der Waals surface area contributed by atoms with E-state index in [0.717, 1.165) is 13.0 Å². The highest BCUT2D eigenvalue weighted by atomic mass is 35.5. The Kier molecular flexibility index (Phi) is 5.89. The van der Waals surface area contributed by atoms with E-state index in [2.05, 4.69) is 18.8 Å². The van der Waals surface area contributed by atoms with Crippen molar-refractivity contribution in [3.63, 3.8) is 0 Å². The van der Waals surface area contributed by atoms with Crippen molar-refractivity contribution >= 4 is 29.1 Å². The summed E-state index contributed by atoms with van der Waals surface area (Å²) in [5.41, 5.74) is 0.409. The Bertz CT molecular complexity index is 423. The maximum atomic E-state index is 12.3. The van der Waals surface area contributed by atoms with Gasteiger partial charge in [0.2, 0.25) is 0 Å². The van der Waals surface area contributed by atoms with Gasteiger partial charge in [0, 0.05) is 13.1 Å². The molecule has 0 aliphatic heterocycles. The van der Waals surface area contributed by atoms with Crippen molar-refractivity contribution in [2.45, 2.75) is 27.2 Å². The van der Waals surface area contributed by atoms with Crippen LogP contribution in [0.15, 0.2) is 12.1 Å². The normalized spacial score (nSPS) is 12.3. The third kappa shape index (κ3) is 3.85. The molecule has 0 fully saturated rings. The zero-order valence-corrected chi connectivity index (χ0v) is 12.4. The maximum absolute atomic E-state index is 12.3. The van der Waals surface area contributed by atoms with E-state index >= 15 is 0 Å². The molecule has 0 spiro atoms. The van der Waals surface area contributed by atoms with Gasteiger partial charge in [0.1, 0.15) is 10.3 Å². The van der Waals surface area contributed by atoms with E-state index in [9.17, 15) is 4.79 Å². The first kappa shape index (κ1) is 15.3. The van der Waals surface area contributed by atoms with Gasteiger partial charge in [-0.1, -0.05) is 43.5 Å². The van der Waals surface area contributed by atoms with Crippen molar-refractivity contribution in [1.82, 2.24) is 9.88 Å². The average Bonchev–Trinajstić information content (AvgIpc) is 2.34. The topological polar surface area (TPSA) is 33.2 Å². The van der Waals surface area contributed by atoms with Gasteiger partial charge in [-0.05, 0) is 25.0 Å². The molecule has 5 heteroatoms. The fourth-order valence-electron chi connectivity index (χ4n) is 1.60. The largest absolute Gasteiger partial charge is 0.339 e. The highest BCUT2D eigenvalue weighted by Gasteiger charge is 2.19. The van der Waals surface area contributed by atoms with Crippen LogP contribution in [0.1, 0.15) is 37.6 Å². The predicted octanol–water partition coefficient (Wildman–Crippen LogP) is 3.90. The van der Waals surface area contributed by atoms with Crippen molar-refractivity contribution in [3.05, 3.63) is 28.0 Å². The lowest BCUT2D eigenvalue weighted by atomic mass is 10.1. The minimum Gasteiger partial charge on any atom is -0.339 e. The highest BCUT2D eigenvalue weighted by Crippen LogP contribution is 2.19. The Balaban J connectivity index is 2.89. The average molecular weight is 289 g/mol. The summed E-state index contributed by atoms with van der Waals surface area (Å²) in [5, 5.41) is 0.455. The first-order chi connectivity index (χ1) is 8.49. The monoisotopic (exact) mass is 288 g/mol. The second kappa shape index (κ2) is 6.95. The van der Waals surface area contributed by atoms with E-state index in [1.165, 1.54) is 0 Å². The first-order valence-corrected chi connectivity index (χ1v) is 6.86. The summed E-state index contributed by atoms with van der Waals surface area (Å²) in [6.07, 6.45) is 1.04. The molecule has 100 valence electrons. The van der Waals surface area contributed by atoms with Crippen LogP contribution >= 0.6 is 23.2 Å². The number of rotatable bonds is 5. The van der Waals surface area contributed by atoms with Gasteiger partial charge >= 0.3 is 0 Å². The lowest BCUT2D eigenvalue weighted by Crippen LogP contribution is -2.34. The van der Waals surface area contributed by atoms with Gasteiger partial charge in [0.15, 0.2) is 0 Å². The highest BCUT2D eigenvalue weighted by molar-refractivity contribution is 6.34. The zero-order chi connectivity index (χ0) is 13.7.